The van der Waals surface area contributed by atoms with Crippen molar-refractivity contribution < 1.29 is 4.74 Å². The molecule has 5 rings (SSSR count). The van der Waals surface area contributed by atoms with Crippen LogP contribution in [0.2, 0.25) is 0 Å². The van der Waals surface area contributed by atoms with E-state index in [1.165, 1.54) is 11.1 Å². The summed E-state index contributed by atoms with van der Waals surface area (Å²) in [4.78, 5) is 18.9. The van der Waals surface area contributed by atoms with Crippen LogP contribution >= 0.6 is 0 Å². The molecule has 6 nitrogen and oxygen atoms in total. The molecular formula is C33H33N5O. The van der Waals surface area contributed by atoms with Crippen LogP contribution in [0, 0.1) is 0 Å². The van der Waals surface area contributed by atoms with Gasteiger partial charge in [0.05, 0.1) is 24.2 Å². The first kappa shape index (κ1) is 26.1. The first-order valence-electron chi connectivity index (χ1n) is 13.1. The van der Waals surface area contributed by atoms with Crippen molar-refractivity contribution in [3.63, 3.8) is 0 Å². The molecule has 3 aromatic heterocycles. The summed E-state index contributed by atoms with van der Waals surface area (Å²) in [7, 11) is 1.69. The third-order valence-corrected chi connectivity index (χ3v) is 6.47. The van der Waals surface area contributed by atoms with E-state index in [4.69, 9.17) is 9.72 Å². The maximum absolute atomic E-state index is 5.35. The minimum atomic E-state index is 0.683. The summed E-state index contributed by atoms with van der Waals surface area (Å²) in [5, 5.41) is 0. The molecule has 0 saturated heterocycles. The van der Waals surface area contributed by atoms with Gasteiger partial charge in [-0.15, -0.1) is 0 Å². The first-order valence-corrected chi connectivity index (χ1v) is 13.1. The molecule has 3 heterocycles. The van der Waals surface area contributed by atoms with Crippen LogP contribution in [0.25, 0.3) is 0 Å². The molecule has 39 heavy (non-hydrogen) atoms. The highest BCUT2D eigenvalue weighted by atomic mass is 16.5. The summed E-state index contributed by atoms with van der Waals surface area (Å²) in [6, 6.07) is 37.1. The monoisotopic (exact) mass is 515 g/mol. The highest BCUT2D eigenvalue weighted by Crippen LogP contribution is 2.21. The van der Waals surface area contributed by atoms with Gasteiger partial charge in [0.2, 0.25) is 0 Å². The molecule has 0 aliphatic heterocycles. The zero-order valence-corrected chi connectivity index (χ0v) is 22.2. The topological polar surface area (TPSA) is 54.4 Å². The molecule has 0 spiro atoms. The van der Waals surface area contributed by atoms with Crippen molar-refractivity contribution in [2.75, 3.05) is 12.0 Å². The largest absolute Gasteiger partial charge is 0.497 e. The Morgan fingerprint density at radius 1 is 0.538 bits per heavy atom. The molecule has 0 bridgehead atoms. The van der Waals surface area contributed by atoms with Crippen molar-refractivity contribution in [3.05, 3.63) is 150 Å². The normalized spacial score (nSPS) is 10.9. The molecule has 0 N–H and O–H groups in total. The number of hydrogen-bond donors (Lipinski definition) is 0. The number of aromatic nitrogens is 3. The molecular weight excluding hydrogens is 482 g/mol. The fraction of sp³-hybridized carbons (Fsp3) is 0.182. The average molecular weight is 516 g/mol. The van der Waals surface area contributed by atoms with Crippen LogP contribution < -0.4 is 9.64 Å². The standard InChI is InChI=1S/C33H33N5O/c1-39-32-18-16-28(17-19-32)23-38(22-27-10-3-2-4-11-27)33-15-9-14-31(36-33)26-37(24-29-12-5-7-20-34-29)25-30-13-6-8-21-35-30/h2-21H,22-26H2,1H3. The molecule has 5 aromatic rings. The molecule has 0 fully saturated rings. The Kier molecular flexibility index (Phi) is 8.90. The fourth-order valence-corrected chi connectivity index (χ4v) is 4.54. The van der Waals surface area contributed by atoms with Gasteiger partial charge in [0.1, 0.15) is 11.6 Å². The number of nitrogens with zero attached hydrogens (tertiary/aromatic N) is 5. The summed E-state index contributed by atoms with van der Waals surface area (Å²) < 4.78 is 5.35. The zero-order valence-electron chi connectivity index (χ0n) is 22.2. The molecule has 0 radical (unpaired) electrons. The van der Waals surface area contributed by atoms with Gasteiger partial charge < -0.3 is 9.64 Å². The molecule has 0 unspecified atom stereocenters. The van der Waals surface area contributed by atoms with Gasteiger partial charge in [-0.2, -0.15) is 0 Å². The highest BCUT2D eigenvalue weighted by Gasteiger charge is 2.14. The van der Waals surface area contributed by atoms with Gasteiger partial charge in [-0.3, -0.25) is 14.9 Å². The van der Waals surface area contributed by atoms with E-state index in [1.54, 1.807) is 7.11 Å². The Balaban J connectivity index is 1.39. The number of rotatable bonds is 12. The average Bonchev–Trinajstić information content (AvgIpc) is 2.99. The number of anilines is 1. The van der Waals surface area contributed by atoms with Crippen molar-refractivity contribution in [1.82, 2.24) is 19.9 Å². The molecule has 196 valence electrons. The van der Waals surface area contributed by atoms with E-state index in [9.17, 15) is 0 Å². The predicted octanol–water partition coefficient (Wildman–Crippen LogP) is 6.29. The van der Waals surface area contributed by atoms with Gasteiger partial charge in [0, 0.05) is 45.1 Å². The summed E-state index contributed by atoms with van der Waals surface area (Å²) >= 11 is 0. The minimum absolute atomic E-state index is 0.683. The van der Waals surface area contributed by atoms with Gasteiger partial charge >= 0.3 is 0 Å². The maximum Gasteiger partial charge on any atom is 0.129 e. The molecule has 0 aliphatic carbocycles. The van der Waals surface area contributed by atoms with Gasteiger partial charge in [0.15, 0.2) is 0 Å². The Bertz CT molecular complexity index is 1370. The van der Waals surface area contributed by atoms with E-state index in [0.29, 0.717) is 19.6 Å². The summed E-state index contributed by atoms with van der Waals surface area (Å²) in [5.74, 6) is 1.80. The van der Waals surface area contributed by atoms with E-state index in [1.807, 2.05) is 54.9 Å². The number of pyridine rings is 3. The number of ether oxygens (including phenoxy) is 1. The Morgan fingerprint density at radius 3 is 1.69 bits per heavy atom. The van der Waals surface area contributed by atoms with E-state index >= 15 is 0 Å². The predicted molar refractivity (Wildman–Crippen MR) is 155 cm³/mol. The Labute approximate surface area is 230 Å². The maximum atomic E-state index is 5.35. The van der Waals surface area contributed by atoms with Crippen molar-refractivity contribution in [3.8, 4) is 5.75 Å². The third-order valence-electron chi connectivity index (χ3n) is 6.47. The Morgan fingerprint density at radius 2 is 1.10 bits per heavy atom. The summed E-state index contributed by atoms with van der Waals surface area (Å²) in [6.07, 6.45) is 3.68. The third kappa shape index (κ3) is 7.72. The number of methoxy groups -OCH3 is 1. The molecule has 6 heteroatoms. The van der Waals surface area contributed by atoms with Crippen molar-refractivity contribution >= 4 is 5.82 Å². The van der Waals surface area contributed by atoms with E-state index in [2.05, 4.69) is 86.5 Å². The van der Waals surface area contributed by atoms with Gasteiger partial charge in [0.25, 0.3) is 0 Å². The lowest BCUT2D eigenvalue weighted by Gasteiger charge is -2.26. The van der Waals surface area contributed by atoms with E-state index in [0.717, 1.165) is 41.7 Å². The quantitative estimate of drug-likeness (QED) is 0.195. The van der Waals surface area contributed by atoms with Gasteiger partial charge in [-0.1, -0.05) is 60.7 Å². The SMILES string of the molecule is COc1ccc(CN(Cc2ccccc2)c2cccc(CN(Cc3ccccn3)Cc3ccccn3)n2)cc1. The second-order valence-electron chi connectivity index (χ2n) is 9.46. The van der Waals surface area contributed by atoms with E-state index in [-0.39, 0.29) is 0 Å². The fourth-order valence-electron chi connectivity index (χ4n) is 4.54. The van der Waals surface area contributed by atoms with Crippen LogP contribution in [-0.4, -0.2) is 27.0 Å². The van der Waals surface area contributed by atoms with Crippen LogP contribution in [0.4, 0.5) is 5.82 Å². The smallest absolute Gasteiger partial charge is 0.129 e. The highest BCUT2D eigenvalue weighted by molar-refractivity contribution is 5.42. The number of benzene rings is 2. The second kappa shape index (κ2) is 13.3. The van der Waals surface area contributed by atoms with Crippen molar-refractivity contribution in [2.24, 2.45) is 0 Å². The molecule has 0 amide bonds. The van der Waals surface area contributed by atoms with E-state index < -0.39 is 0 Å². The van der Waals surface area contributed by atoms with Gasteiger partial charge in [-0.05, 0) is 59.7 Å². The minimum Gasteiger partial charge on any atom is -0.497 e. The molecule has 0 saturated carbocycles. The van der Waals surface area contributed by atoms with Crippen LogP contribution in [0.15, 0.2) is 122 Å². The number of hydrogen-bond acceptors (Lipinski definition) is 6. The lowest BCUT2D eigenvalue weighted by Crippen LogP contribution is -2.26. The lowest BCUT2D eigenvalue weighted by molar-refractivity contribution is 0.239. The summed E-state index contributed by atoms with van der Waals surface area (Å²) in [5.41, 5.74) is 5.49. The van der Waals surface area contributed by atoms with Crippen LogP contribution in [0.5, 0.6) is 5.75 Å². The molecule has 0 aliphatic rings. The van der Waals surface area contributed by atoms with Crippen LogP contribution in [0.1, 0.15) is 28.2 Å². The van der Waals surface area contributed by atoms with Gasteiger partial charge in [-0.25, -0.2) is 4.98 Å². The van der Waals surface area contributed by atoms with Crippen molar-refractivity contribution in [1.29, 1.82) is 0 Å². The second-order valence-corrected chi connectivity index (χ2v) is 9.46. The molecule has 2 aromatic carbocycles. The van der Waals surface area contributed by atoms with Crippen molar-refractivity contribution in [2.45, 2.75) is 32.7 Å². The van der Waals surface area contributed by atoms with Crippen LogP contribution in [0.3, 0.4) is 0 Å². The van der Waals surface area contributed by atoms with Crippen LogP contribution in [-0.2, 0) is 32.7 Å². The lowest BCUT2D eigenvalue weighted by atomic mass is 10.1. The summed E-state index contributed by atoms with van der Waals surface area (Å²) in [6.45, 7) is 3.60. The zero-order chi connectivity index (χ0) is 26.7. The first-order chi connectivity index (χ1) is 19.2. The molecule has 0 atom stereocenters. The Hall–Kier alpha value is -4.55.